The second-order valence-corrected chi connectivity index (χ2v) is 9.33. The lowest BCUT2D eigenvalue weighted by Gasteiger charge is -2.37. The molecule has 3 aromatic rings. The van der Waals surface area contributed by atoms with Gasteiger partial charge in [0.2, 0.25) is 5.91 Å². The van der Waals surface area contributed by atoms with E-state index in [1.807, 2.05) is 30.3 Å². The minimum absolute atomic E-state index is 0. The van der Waals surface area contributed by atoms with Gasteiger partial charge in [0.25, 0.3) is 10.0 Å². The summed E-state index contributed by atoms with van der Waals surface area (Å²) in [6.07, 6.45) is 2.73. The highest BCUT2D eigenvalue weighted by Crippen LogP contribution is 2.23. The Labute approximate surface area is 194 Å². The highest BCUT2D eigenvalue weighted by molar-refractivity contribution is 7.92. The topological polar surface area (TPSA) is 116 Å². The molecule has 0 bridgehead atoms. The Hall–Kier alpha value is -3.50. The van der Waals surface area contributed by atoms with Crippen LogP contribution in [0.15, 0.2) is 78.1 Å². The number of amides is 1. The van der Waals surface area contributed by atoms with E-state index < -0.39 is 15.9 Å². The lowest BCUT2D eigenvalue weighted by atomic mass is 9.98. The van der Waals surface area contributed by atoms with E-state index in [-0.39, 0.29) is 24.7 Å². The molecule has 33 heavy (non-hydrogen) atoms. The Kier molecular flexibility index (Phi) is 6.85. The van der Waals surface area contributed by atoms with E-state index in [0.29, 0.717) is 26.2 Å². The van der Waals surface area contributed by atoms with Gasteiger partial charge in [-0.3, -0.25) is 9.52 Å². The third-order valence-corrected chi connectivity index (χ3v) is 6.98. The Morgan fingerprint density at radius 3 is 2.33 bits per heavy atom. The molecule has 2 aromatic carbocycles. The predicted octanol–water partition coefficient (Wildman–Crippen LogP) is 1.95. The average molecular weight is 470 g/mol. The number of carbonyl (C=O) groups excluding carboxylic acids is 1. The van der Waals surface area contributed by atoms with E-state index in [2.05, 4.69) is 19.6 Å². The second kappa shape index (κ2) is 9.97. The molecule has 1 amide bonds. The van der Waals surface area contributed by atoms with Crippen LogP contribution in [-0.2, 0) is 14.8 Å². The first-order valence-electron chi connectivity index (χ1n) is 10.6. The lowest BCUT2D eigenvalue weighted by molar-refractivity contribution is -0.134. The maximum Gasteiger partial charge on any atom is 0.263 e. The fraction of sp³-hybridized carbons (Fsp3) is 0.261. The number of hydrogen-bond donors (Lipinski definition) is 2. The number of aliphatic hydroxyl groups is 1. The van der Waals surface area contributed by atoms with Crippen molar-refractivity contribution in [3.8, 4) is 0 Å². The Morgan fingerprint density at radius 2 is 1.73 bits per heavy atom. The van der Waals surface area contributed by atoms with Crippen molar-refractivity contribution in [3.63, 3.8) is 0 Å². The first-order chi connectivity index (χ1) is 16.0. The number of aromatic nitrogens is 2. The number of benzene rings is 2. The van der Waals surface area contributed by atoms with Gasteiger partial charge in [0.1, 0.15) is 12.1 Å². The SMILES string of the molecule is O=C(C(CO)c1ccccc1)N1CCN(c2ccc(S(=O)(=O)Nc3ccncn3)cc2)CC1.[HH]. The van der Waals surface area contributed by atoms with Crippen molar-refractivity contribution in [1.82, 2.24) is 14.9 Å². The van der Waals surface area contributed by atoms with Crippen molar-refractivity contribution in [2.24, 2.45) is 0 Å². The number of nitrogens with zero attached hydrogens (tertiary/aromatic N) is 4. The van der Waals surface area contributed by atoms with Crippen LogP contribution >= 0.6 is 0 Å². The molecular formula is C23H27N5O4S. The van der Waals surface area contributed by atoms with Crippen molar-refractivity contribution in [2.75, 3.05) is 42.4 Å². The summed E-state index contributed by atoms with van der Waals surface area (Å²) in [7, 11) is -3.76. The van der Waals surface area contributed by atoms with Gasteiger partial charge in [0.15, 0.2) is 0 Å². The number of piperazine rings is 1. The summed E-state index contributed by atoms with van der Waals surface area (Å²) in [5.41, 5.74) is 1.68. The van der Waals surface area contributed by atoms with Crippen LogP contribution in [0.1, 0.15) is 12.9 Å². The highest BCUT2D eigenvalue weighted by atomic mass is 32.2. The molecule has 1 atom stereocenters. The van der Waals surface area contributed by atoms with E-state index in [1.165, 1.54) is 18.6 Å². The van der Waals surface area contributed by atoms with Crippen LogP contribution in [0.5, 0.6) is 0 Å². The Bertz CT molecular complexity index is 1170. The molecule has 0 saturated carbocycles. The number of hydrogen-bond acceptors (Lipinski definition) is 7. The molecule has 174 valence electrons. The van der Waals surface area contributed by atoms with Crippen LogP contribution in [0, 0.1) is 0 Å². The van der Waals surface area contributed by atoms with E-state index in [1.54, 1.807) is 29.2 Å². The number of anilines is 2. The normalized spacial score (nSPS) is 15.2. The van der Waals surface area contributed by atoms with Gasteiger partial charge in [0, 0.05) is 39.5 Å². The highest BCUT2D eigenvalue weighted by Gasteiger charge is 2.28. The number of carbonyl (C=O) groups is 1. The van der Waals surface area contributed by atoms with Gasteiger partial charge in [-0.2, -0.15) is 0 Å². The zero-order valence-electron chi connectivity index (χ0n) is 17.9. The summed E-state index contributed by atoms with van der Waals surface area (Å²) in [4.78, 5) is 24.6. The fourth-order valence-electron chi connectivity index (χ4n) is 3.80. The van der Waals surface area contributed by atoms with Crippen LogP contribution in [0.25, 0.3) is 0 Å². The van der Waals surface area contributed by atoms with Crippen molar-refractivity contribution < 1.29 is 19.7 Å². The molecule has 4 rings (SSSR count). The first-order valence-corrected chi connectivity index (χ1v) is 12.0. The van der Waals surface area contributed by atoms with Gasteiger partial charge in [-0.25, -0.2) is 18.4 Å². The molecule has 1 aliphatic rings. The molecule has 1 aliphatic heterocycles. The summed E-state index contributed by atoms with van der Waals surface area (Å²) in [5, 5.41) is 9.78. The third-order valence-electron chi connectivity index (χ3n) is 5.61. The van der Waals surface area contributed by atoms with Crippen LogP contribution in [-0.4, -0.2) is 67.1 Å². The van der Waals surface area contributed by atoms with Gasteiger partial charge >= 0.3 is 0 Å². The third kappa shape index (κ3) is 5.29. The summed E-state index contributed by atoms with van der Waals surface area (Å²) in [5.74, 6) is -0.447. The summed E-state index contributed by atoms with van der Waals surface area (Å²) in [6, 6.07) is 17.4. The summed E-state index contributed by atoms with van der Waals surface area (Å²) >= 11 is 0. The molecule has 0 spiro atoms. The van der Waals surface area contributed by atoms with Crippen LogP contribution in [0.3, 0.4) is 0 Å². The fourth-order valence-corrected chi connectivity index (χ4v) is 4.81. The van der Waals surface area contributed by atoms with Crippen molar-refractivity contribution in [2.45, 2.75) is 10.8 Å². The van der Waals surface area contributed by atoms with E-state index in [4.69, 9.17) is 0 Å². The van der Waals surface area contributed by atoms with Crippen LogP contribution < -0.4 is 9.62 Å². The number of sulfonamides is 1. The largest absolute Gasteiger partial charge is 0.395 e. The van der Waals surface area contributed by atoms with E-state index in [9.17, 15) is 18.3 Å². The summed E-state index contributed by atoms with van der Waals surface area (Å²) < 4.78 is 27.6. The standard InChI is InChI=1S/C23H25N5O4S.H2/c29-16-21(18-4-2-1-3-5-18)23(30)28-14-12-27(13-15-28)19-6-8-20(9-7-19)33(31,32)26-22-10-11-24-17-25-22;/h1-11,17,21,29H,12-16H2,(H,24,25,26);1H. The zero-order chi connectivity index (χ0) is 23.3. The lowest BCUT2D eigenvalue weighted by Crippen LogP contribution is -2.50. The summed E-state index contributed by atoms with van der Waals surface area (Å²) in [6.45, 7) is 2.05. The molecular weight excluding hydrogens is 442 g/mol. The maximum atomic E-state index is 12.9. The zero-order valence-corrected chi connectivity index (χ0v) is 18.7. The van der Waals surface area contributed by atoms with Gasteiger partial charge in [-0.1, -0.05) is 30.3 Å². The van der Waals surface area contributed by atoms with Crippen molar-refractivity contribution in [1.29, 1.82) is 0 Å². The molecule has 1 aromatic heterocycles. The average Bonchev–Trinajstić information content (AvgIpc) is 2.86. The second-order valence-electron chi connectivity index (χ2n) is 7.65. The molecule has 0 aliphatic carbocycles. The molecule has 1 unspecified atom stereocenters. The van der Waals surface area contributed by atoms with Crippen molar-refractivity contribution in [3.05, 3.63) is 78.8 Å². The predicted molar refractivity (Wildman–Crippen MR) is 126 cm³/mol. The number of nitrogens with one attached hydrogen (secondary N) is 1. The quantitative estimate of drug-likeness (QED) is 0.543. The minimum Gasteiger partial charge on any atom is -0.395 e. The number of rotatable bonds is 7. The smallest absolute Gasteiger partial charge is 0.263 e. The van der Waals surface area contributed by atoms with Crippen LogP contribution in [0.2, 0.25) is 0 Å². The number of aliphatic hydroxyl groups excluding tert-OH is 1. The molecule has 2 N–H and O–H groups in total. The van der Waals surface area contributed by atoms with Crippen molar-refractivity contribution >= 4 is 27.4 Å². The monoisotopic (exact) mass is 469 g/mol. The molecule has 2 heterocycles. The molecule has 10 heteroatoms. The molecule has 1 fully saturated rings. The first kappa shape index (κ1) is 22.7. The van der Waals surface area contributed by atoms with Gasteiger partial charge in [-0.05, 0) is 35.9 Å². The van der Waals surface area contributed by atoms with E-state index in [0.717, 1.165) is 11.3 Å². The van der Waals surface area contributed by atoms with Gasteiger partial charge in [-0.15, -0.1) is 0 Å². The molecule has 9 nitrogen and oxygen atoms in total. The van der Waals surface area contributed by atoms with Gasteiger partial charge < -0.3 is 14.9 Å². The Balaban J connectivity index is 0.00000324. The van der Waals surface area contributed by atoms with Crippen LogP contribution in [0.4, 0.5) is 11.5 Å². The maximum absolute atomic E-state index is 12.9. The Morgan fingerprint density at radius 1 is 1.03 bits per heavy atom. The van der Waals surface area contributed by atoms with Gasteiger partial charge in [0.05, 0.1) is 17.4 Å². The molecule has 1 saturated heterocycles. The van der Waals surface area contributed by atoms with E-state index >= 15 is 0 Å². The minimum atomic E-state index is -3.76. The molecule has 0 radical (unpaired) electrons.